The van der Waals surface area contributed by atoms with Gasteiger partial charge in [-0.05, 0) is 59.9 Å². The van der Waals surface area contributed by atoms with Crippen LogP contribution in [0.5, 0.6) is 11.5 Å². The highest BCUT2D eigenvalue weighted by Crippen LogP contribution is 2.35. The molecule has 3 aromatic rings. The molecule has 0 saturated carbocycles. The summed E-state index contributed by atoms with van der Waals surface area (Å²) < 4.78 is 12.0. The van der Waals surface area contributed by atoms with Crippen LogP contribution in [0.3, 0.4) is 0 Å². The van der Waals surface area contributed by atoms with Crippen LogP contribution in [0.4, 0.5) is 0 Å². The molecule has 0 spiro atoms. The van der Waals surface area contributed by atoms with E-state index in [4.69, 9.17) is 32.7 Å². The van der Waals surface area contributed by atoms with E-state index in [-0.39, 0.29) is 12.2 Å². The van der Waals surface area contributed by atoms with E-state index in [9.17, 15) is 10.1 Å². The minimum Gasteiger partial charge on any atom is -0.493 e. The lowest BCUT2D eigenvalue weighted by atomic mass is 10.1. The SMILES string of the molecule is COc1cc(/C=C(/C#N)C(=O)NCCCc2ccccc2)c(Br)cc1OCc1ccc(Cl)c(Cl)c1. The van der Waals surface area contributed by atoms with E-state index < -0.39 is 5.91 Å². The van der Waals surface area contributed by atoms with Gasteiger partial charge in [0.15, 0.2) is 11.5 Å². The smallest absolute Gasteiger partial charge is 0.261 e. The quantitative estimate of drug-likeness (QED) is 0.161. The number of nitrogens with one attached hydrogen (secondary N) is 1. The van der Waals surface area contributed by atoms with Gasteiger partial charge in [0.1, 0.15) is 18.2 Å². The van der Waals surface area contributed by atoms with Crippen LogP contribution in [0.25, 0.3) is 6.08 Å². The predicted octanol–water partition coefficient (Wildman–Crippen LogP) is 7.00. The number of hydrogen-bond acceptors (Lipinski definition) is 4. The number of methoxy groups -OCH3 is 1. The lowest BCUT2D eigenvalue weighted by Crippen LogP contribution is -2.25. The van der Waals surface area contributed by atoms with Crippen LogP contribution < -0.4 is 14.8 Å². The topological polar surface area (TPSA) is 71.3 Å². The van der Waals surface area contributed by atoms with E-state index >= 15 is 0 Å². The Morgan fingerprint density at radius 1 is 1.06 bits per heavy atom. The second-order valence-corrected chi connectivity index (χ2v) is 9.25. The molecule has 0 atom stereocenters. The molecule has 0 saturated heterocycles. The lowest BCUT2D eigenvalue weighted by Gasteiger charge is -2.13. The van der Waals surface area contributed by atoms with Crippen LogP contribution in [-0.2, 0) is 17.8 Å². The number of halogens is 3. The van der Waals surface area contributed by atoms with Crippen molar-refractivity contribution in [1.82, 2.24) is 5.32 Å². The molecule has 0 radical (unpaired) electrons. The molecule has 3 aromatic carbocycles. The number of nitriles is 1. The third kappa shape index (κ3) is 7.76. The molecular formula is C27H23BrCl2N2O3. The van der Waals surface area contributed by atoms with Crippen molar-refractivity contribution in [2.24, 2.45) is 0 Å². The maximum absolute atomic E-state index is 12.5. The molecular weight excluding hydrogens is 551 g/mol. The van der Waals surface area contributed by atoms with E-state index in [1.54, 1.807) is 24.3 Å². The Hall–Kier alpha value is -2.98. The molecule has 8 heteroatoms. The highest BCUT2D eigenvalue weighted by atomic mass is 79.9. The summed E-state index contributed by atoms with van der Waals surface area (Å²) in [6, 6.07) is 20.7. The molecule has 0 fully saturated rings. The van der Waals surface area contributed by atoms with E-state index in [0.29, 0.717) is 38.1 Å². The van der Waals surface area contributed by atoms with Crippen LogP contribution in [0.1, 0.15) is 23.1 Å². The minimum atomic E-state index is -0.425. The summed E-state index contributed by atoms with van der Waals surface area (Å²) in [4.78, 5) is 12.5. The van der Waals surface area contributed by atoms with Crippen LogP contribution >= 0.6 is 39.1 Å². The number of aryl methyl sites for hydroxylation is 1. The Morgan fingerprint density at radius 3 is 2.51 bits per heavy atom. The molecule has 5 nitrogen and oxygen atoms in total. The number of amides is 1. The molecule has 0 aromatic heterocycles. The van der Waals surface area contributed by atoms with Gasteiger partial charge in [-0.15, -0.1) is 0 Å². The third-order valence-electron chi connectivity index (χ3n) is 5.10. The molecule has 3 rings (SSSR count). The summed E-state index contributed by atoms with van der Waals surface area (Å²) in [5.74, 6) is 0.526. The summed E-state index contributed by atoms with van der Waals surface area (Å²) in [5.41, 5.74) is 2.66. The Labute approximate surface area is 223 Å². The molecule has 180 valence electrons. The molecule has 0 bridgehead atoms. The van der Waals surface area contributed by atoms with Crippen LogP contribution in [0.2, 0.25) is 10.0 Å². The van der Waals surface area contributed by atoms with Gasteiger partial charge in [0.25, 0.3) is 5.91 Å². The van der Waals surface area contributed by atoms with Crippen molar-refractivity contribution < 1.29 is 14.3 Å². The van der Waals surface area contributed by atoms with Crippen LogP contribution in [0, 0.1) is 11.3 Å². The van der Waals surface area contributed by atoms with Gasteiger partial charge in [0.05, 0.1) is 17.2 Å². The Kier molecular flexibility index (Phi) is 10.0. The molecule has 0 heterocycles. The zero-order valence-electron chi connectivity index (χ0n) is 19.0. The highest BCUT2D eigenvalue weighted by molar-refractivity contribution is 9.10. The first kappa shape index (κ1) is 26.6. The zero-order valence-corrected chi connectivity index (χ0v) is 22.1. The molecule has 35 heavy (non-hydrogen) atoms. The number of benzene rings is 3. The van der Waals surface area contributed by atoms with Gasteiger partial charge in [-0.25, -0.2) is 0 Å². The van der Waals surface area contributed by atoms with Crippen molar-refractivity contribution in [1.29, 1.82) is 5.26 Å². The Bertz CT molecular complexity index is 1260. The number of carbonyl (C=O) groups is 1. The summed E-state index contributed by atoms with van der Waals surface area (Å²) in [6.45, 7) is 0.725. The molecule has 0 aliphatic rings. The van der Waals surface area contributed by atoms with Crippen molar-refractivity contribution in [3.05, 3.63) is 97.4 Å². The normalized spacial score (nSPS) is 11.0. The average molecular weight is 574 g/mol. The molecule has 1 amide bonds. The first-order valence-electron chi connectivity index (χ1n) is 10.8. The van der Waals surface area contributed by atoms with Crippen molar-refractivity contribution in [3.63, 3.8) is 0 Å². The third-order valence-corrected chi connectivity index (χ3v) is 6.52. The van der Waals surface area contributed by atoms with E-state index in [1.807, 2.05) is 42.5 Å². The van der Waals surface area contributed by atoms with Crippen molar-refractivity contribution in [3.8, 4) is 17.6 Å². The fourth-order valence-electron chi connectivity index (χ4n) is 3.26. The second-order valence-electron chi connectivity index (χ2n) is 7.58. The number of ether oxygens (including phenoxy) is 2. The van der Waals surface area contributed by atoms with Gasteiger partial charge in [0, 0.05) is 11.0 Å². The summed E-state index contributed by atoms with van der Waals surface area (Å²) in [5, 5.41) is 13.3. The maximum atomic E-state index is 12.5. The standard InChI is InChI=1S/C27H23BrCl2N2O3/c1-34-25-14-20(22(28)15-26(25)35-17-19-9-10-23(29)24(30)12-19)13-21(16-31)27(33)32-11-5-8-18-6-3-2-4-7-18/h2-4,6-7,9-10,12-15H,5,8,11,17H2,1H3,(H,32,33)/b21-13-. The van der Waals surface area contributed by atoms with Crippen molar-refractivity contribution in [2.45, 2.75) is 19.4 Å². The van der Waals surface area contributed by atoms with Gasteiger partial charge in [0.2, 0.25) is 0 Å². The fraction of sp³-hybridized carbons (Fsp3) is 0.185. The minimum absolute atomic E-state index is 0.00283. The summed E-state index contributed by atoms with van der Waals surface area (Å²) in [7, 11) is 1.52. The van der Waals surface area contributed by atoms with Gasteiger partial charge in [-0.1, -0.05) is 75.5 Å². The Balaban J connectivity index is 1.66. The fourth-order valence-corrected chi connectivity index (χ4v) is 4.02. The largest absolute Gasteiger partial charge is 0.493 e. The molecule has 0 unspecified atom stereocenters. The van der Waals surface area contributed by atoms with Crippen molar-refractivity contribution in [2.75, 3.05) is 13.7 Å². The number of rotatable bonds is 10. The molecule has 0 aliphatic heterocycles. The number of nitrogens with zero attached hydrogens (tertiary/aromatic N) is 1. The average Bonchev–Trinajstić information content (AvgIpc) is 2.87. The van der Waals surface area contributed by atoms with Gasteiger partial charge < -0.3 is 14.8 Å². The first-order chi connectivity index (χ1) is 16.9. The molecule has 0 aliphatic carbocycles. The maximum Gasteiger partial charge on any atom is 0.261 e. The van der Waals surface area contributed by atoms with E-state index in [0.717, 1.165) is 18.4 Å². The van der Waals surface area contributed by atoms with Crippen LogP contribution in [0.15, 0.2) is 70.7 Å². The van der Waals surface area contributed by atoms with Crippen molar-refractivity contribution >= 4 is 51.1 Å². The lowest BCUT2D eigenvalue weighted by molar-refractivity contribution is -0.117. The number of hydrogen-bond donors (Lipinski definition) is 1. The van der Waals surface area contributed by atoms with Gasteiger partial charge in [-0.3, -0.25) is 4.79 Å². The highest BCUT2D eigenvalue weighted by Gasteiger charge is 2.14. The zero-order chi connectivity index (χ0) is 25.2. The van der Waals surface area contributed by atoms with E-state index in [2.05, 4.69) is 21.2 Å². The second kappa shape index (κ2) is 13.2. The van der Waals surface area contributed by atoms with E-state index in [1.165, 1.54) is 18.7 Å². The van der Waals surface area contributed by atoms with Crippen LogP contribution in [-0.4, -0.2) is 19.6 Å². The predicted molar refractivity (Wildman–Crippen MR) is 143 cm³/mol. The Morgan fingerprint density at radius 2 is 1.83 bits per heavy atom. The first-order valence-corrected chi connectivity index (χ1v) is 12.3. The summed E-state index contributed by atoms with van der Waals surface area (Å²) >= 11 is 15.5. The number of carbonyl (C=O) groups excluding carboxylic acids is 1. The monoisotopic (exact) mass is 572 g/mol. The van der Waals surface area contributed by atoms with Gasteiger partial charge in [-0.2, -0.15) is 5.26 Å². The molecule has 1 N–H and O–H groups in total. The summed E-state index contributed by atoms with van der Waals surface area (Å²) in [6.07, 6.45) is 3.14. The van der Waals surface area contributed by atoms with Gasteiger partial charge >= 0.3 is 0 Å².